The second-order valence-corrected chi connectivity index (χ2v) is 5.08. The molecule has 72 valence electrons. The maximum atomic E-state index is 10.7. The van der Waals surface area contributed by atoms with Gasteiger partial charge < -0.3 is 5.11 Å². The maximum Gasteiger partial charge on any atom is 0.303 e. The molecular weight excluding hydrogens is 164 g/mol. The predicted molar refractivity (Wildman–Crippen MR) is 48.2 cm³/mol. The van der Waals surface area contributed by atoms with Crippen molar-refractivity contribution in [3.05, 3.63) is 0 Å². The molecule has 0 amide bonds. The fourth-order valence-corrected chi connectivity index (χ4v) is 4.42. The van der Waals surface area contributed by atoms with Crippen molar-refractivity contribution in [1.82, 2.24) is 0 Å². The van der Waals surface area contributed by atoms with Gasteiger partial charge in [0.1, 0.15) is 0 Å². The summed E-state index contributed by atoms with van der Waals surface area (Å²) in [5.41, 5.74) is 0. The predicted octanol–water partition coefficient (Wildman–Crippen LogP) is 2.14. The van der Waals surface area contributed by atoms with Gasteiger partial charge in [-0.2, -0.15) is 0 Å². The molecule has 0 radical (unpaired) electrons. The van der Waals surface area contributed by atoms with E-state index in [-0.39, 0.29) is 0 Å². The van der Waals surface area contributed by atoms with Crippen LogP contribution in [0.1, 0.15) is 32.1 Å². The van der Waals surface area contributed by atoms with E-state index < -0.39 is 5.97 Å². The second-order valence-electron chi connectivity index (χ2n) is 5.08. The van der Waals surface area contributed by atoms with Crippen LogP contribution in [0, 0.1) is 29.6 Å². The van der Waals surface area contributed by atoms with Gasteiger partial charge in [0.2, 0.25) is 0 Å². The van der Waals surface area contributed by atoms with Crippen LogP contribution in [0.2, 0.25) is 0 Å². The minimum Gasteiger partial charge on any atom is -0.481 e. The minimum atomic E-state index is -0.584. The van der Waals surface area contributed by atoms with Gasteiger partial charge in [0.25, 0.3) is 0 Å². The zero-order valence-electron chi connectivity index (χ0n) is 7.78. The standard InChI is InChI=1S/C11H16O2/c12-10(13)5-9-7-3-1-6-2-4-8(9)11(6)7/h6-9,11H,1-5H2,(H,12,13)/t6?,7-,8+,9+,11?. The molecule has 0 bridgehead atoms. The van der Waals surface area contributed by atoms with Crippen molar-refractivity contribution in [1.29, 1.82) is 0 Å². The van der Waals surface area contributed by atoms with Crippen LogP contribution in [-0.4, -0.2) is 11.1 Å². The number of carboxylic acid groups (broad SMARTS) is 1. The second kappa shape index (κ2) is 2.49. The van der Waals surface area contributed by atoms with Crippen LogP contribution in [-0.2, 0) is 4.79 Å². The summed E-state index contributed by atoms with van der Waals surface area (Å²) < 4.78 is 0. The summed E-state index contributed by atoms with van der Waals surface area (Å²) in [7, 11) is 0. The summed E-state index contributed by atoms with van der Waals surface area (Å²) in [6.07, 6.45) is 5.87. The van der Waals surface area contributed by atoms with Crippen LogP contribution >= 0.6 is 0 Å². The molecule has 2 unspecified atom stereocenters. The zero-order chi connectivity index (χ0) is 9.00. The van der Waals surface area contributed by atoms with Crippen molar-refractivity contribution < 1.29 is 9.90 Å². The van der Waals surface area contributed by atoms with Crippen LogP contribution in [0.15, 0.2) is 0 Å². The van der Waals surface area contributed by atoms with E-state index in [2.05, 4.69) is 0 Å². The lowest BCUT2D eigenvalue weighted by Crippen LogP contribution is -2.43. The summed E-state index contributed by atoms with van der Waals surface area (Å²) in [6, 6.07) is 0. The molecule has 0 saturated heterocycles. The molecule has 1 N–H and O–H groups in total. The summed E-state index contributed by atoms with van der Waals surface area (Å²) in [5.74, 6) is 3.50. The largest absolute Gasteiger partial charge is 0.481 e. The molecule has 3 rings (SSSR count). The van der Waals surface area contributed by atoms with Crippen molar-refractivity contribution in [2.45, 2.75) is 32.1 Å². The van der Waals surface area contributed by atoms with E-state index in [0.29, 0.717) is 12.3 Å². The average molecular weight is 180 g/mol. The first kappa shape index (κ1) is 7.84. The van der Waals surface area contributed by atoms with Crippen molar-refractivity contribution >= 4 is 5.97 Å². The van der Waals surface area contributed by atoms with Gasteiger partial charge in [-0.3, -0.25) is 4.79 Å². The number of aliphatic carboxylic acids is 1. The Morgan fingerprint density at radius 3 is 2.31 bits per heavy atom. The van der Waals surface area contributed by atoms with Gasteiger partial charge >= 0.3 is 5.97 Å². The third-order valence-corrected chi connectivity index (χ3v) is 4.78. The zero-order valence-corrected chi connectivity index (χ0v) is 7.78. The number of carboxylic acids is 1. The number of carbonyl (C=O) groups is 1. The number of rotatable bonds is 2. The Bertz CT molecular complexity index is 232. The average Bonchev–Trinajstić information content (AvgIpc) is 2.51. The molecule has 0 spiro atoms. The molecular formula is C11H16O2. The first-order valence-electron chi connectivity index (χ1n) is 5.49. The van der Waals surface area contributed by atoms with Crippen molar-refractivity contribution in [3.63, 3.8) is 0 Å². The lowest BCUT2D eigenvalue weighted by atomic mass is 9.58. The highest BCUT2D eigenvalue weighted by Crippen LogP contribution is 2.65. The van der Waals surface area contributed by atoms with Crippen LogP contribution in [0.3, 0.4) is 0 Å². The lowest BCUT2D eigenvalue weighted by molar-refractivity contribution is -0.142. The molecule has 3 aliphatic rings. The Morgan fingerprint density at radius 2 is 1.77 bits per heavy atom. The molecule has 0 aromatic carbocycles. The summed E-state index contributed by atoms with van der Waals surface area (Å²) in [6.45, 7) is 0. The molecule has 3 saturated carbocycles. The van der Waals surface area contributed by atoms with Crippen LogP contribution < -0.4 is 0 Å². The number of hydrogen-bond acceptors (Lipinski definition) is 1. The van der Waals surface area contributed by atoms with Gasteiger partial charge in [0.05, 0.1) is 0 Å². The van der Waals surface area contributed by atoms with E-state index >= 15 is 0 Å². The van der Waals surface area contributed by atoms with E-state index in [4.69, 9.17) is 5.11 Å². The van der Waals surface area contributed by atoms with E-state index in [9.17, 15) is 4.79 Å². The lowest BCUT2D eigenvalue weighted by Gasteiger charge is -2.46. The highest BCUT2D eigenvalue weighted by atomic mass is 16.4. The molecule has 3 aliphatic carbocycles. The van der Waals surface area contributed by atoms with E-state index in [1.165, 1.54) is 25.7 Å². The van der Waals surface area contributed by atoms with Gasteiger partial charge in [0, 0.05) is 6.42 Å². The third kappa shape index (κ3) is 0.918. The van der Waals surface area contributed by atoms with Gasteiger partial charge in [-0.15, -0.1) is 0 Å². The SMILES string of the molecule is O=C(O)C[C@@H]1[C@@H]2CCC3CC[C@H]1C32. The van der Waals surface area contributed by atoms with E-state index in [1.54, 1.807) is 0 Å². The van der Waals surface area contributed by atoms with Crippen LogP contribution in [0.5, 0.6) is 0 Å². The Hall–Kier alpha value is -0.530. The summed E-state index contributed by atoms with van der Waals surface area (Å²) in [5, 5.41) is 8.80. The molecule has 0 heterocycles. The van der Waals surface area contributed by atoms with Crippen molar-refractivity contribution in [3.8, 4) is 0 Å². The smallest absolute Gasteiger partial charge is 0.303 e. The molecule has 13 heavy (non-hydrogen) atoms. The molecule has 0 aromatic heterocycles. The minimum absolute atomic E-state index is 0.443. The Labute approximate surface area is 78.3 Å². The van der Waals surface area contributed by atoms with Crippen molar-refractivity contribution in [2.75, 3.05) is 0 Å². The highest BCUT2D eigenvalue weighted by Gasteiger charge is 2.59. The highest BCUT2D eigenvalue weighted by molar-refractivity contribution is 5.67. The molecule has 0 aromatic rings. The van der Waals surface area contributed by atoms with E-state index in [0.717, 1.165) is 23.7 Å². The maximum absolute atomic E-state index is 10.7. The normalized spacial score (nSPS) is 51.5. The molecule has 3 fully saturated rings. The van der Waals surface area contributed by atoms with Gasteiger partial charge in [0.15, 0.2) is 0 Å². The Kier molecular flexibility index (Phi) is 1.50. The van der Waals surface area contributed by atoms with Gasteiger partial charge in [-0.25, -0.2) is 0 Å². The summed E-state index contributed by atoms with van der Waals surface area (Å²) in [4.78, 5) is 10.7. The topological polar surface area (TPSA) is 37.3 Å². The van der Waals surface area contributed by atoms with Gasteiger partial charge in [-0.05, 0) is 55.3 Å². The van der Waals surface area contributed by atoms with Crippen molar-refractivity contribution in [2.24, 2.45) is 29.6 Å². The Balaban J connectivity index is 1.75. The van der Waals surface area contributed by atoms with Gasteiger partial charge in [-0.1, -0.05) is 0 Å². The summed E-state index contributed by atoms with van der Waals surface area (Å²) >= 11 is 0. The molecule has 2 nitrogen and oxygen atoms in total. The Morgan fingerprint density at radius 1 is 1.15 bits per heavy atom. The van der Waals surface area contributed by atoms with E-state index in [1.807, 2.05) is 0 Å². The monoisotopic (exact) mass is 180 g/mol. The first-order chi connectivity index (χ1) is 6.27. The quantitative estimate of drug-likeness (QED) is 0.707. The molecule has 0 aliphatic heterocycles. The fraction of sp³-hybridized carbons (Fsp3) is 0.909. The van der Waals surface area contributed by atoms with Crippen LogP contribution in [0.25, 0.3) is 0 Å². The number of hydrogen-bond donors (Lipinski definition) is 1. The molecule has 2 heteroatoms. The molecule has 5 atom stereocenters. The third-order valence-electron chi connectivity index (χ3n) is 4.78. The van der Waals surface area contributed by atoms with Crippen LogP contribution in [0.4, 0.5) is 0 Å². The first-order valence-corrected chi connectivity index (χ1v) is 5.49. The fourth-order valence-electron chi connectivity index (χ4n) is 4.42.